The van der Waals surface area contributed by atoms with Crippen LogP contribution < -0.4 is 0 Å². The van der Waals surface area contributed by atoms with Gasteiger partial charge in [-0.15, -0.1) is 0 Å². The number of carbonyl (C=O) groups excluding carboxylic acids is 1. The molecule has 4 heteroatoms. The predicted octanol–water partition coefficient (Wildman–Crippen LogP) is 1.86. The molecule has 0 amide bonds. The smallest absolute Gasteiger partial charge is 0.171 e. The van der Waals surface area contributed by atoms with Gasteiger partial charge in [0.2, 0.25) is 0 Å². The molecule has 1 saturated heterocycles. The fourth-order valence-electron chi connectivity index (χ4n) is 1.97. The number of aromatic nitrogens is 1. The summed E-state index contributed by atoms with van der Waals surface area (Å²) >= 11 is 0. The van der Waals surface area contributed by atoms with Crippen molar-refractivity contribution < 1.29 is 9.32 Å². The lowest BCUT2D eigenvalue weighted by molar-refractivity contribution is 0.111. The summed E-state index contributed by atoms with van der Waals surface area (Å²) < 4.78 is 5.08. The van der Waals surface area contributed by atoms with Crippen LogP contribution >= 0.6 is 0 Å². The van der Waals surface area contributed by atoms with Crippen LogP contribution in [0.1, 0.15) is 41.9 Å². The first kappa shape index (κ1) is 10.4. The molecule has 0 aromatic carbocycles. The van der Waals surface area contributed by atoms with Crippen LogP contribution in [0.2, 0.25) is 0 Å². The number of hydrogen-bond donors (Lipinski definition) is 0. The number of rotatable bonds is 3. The molecule has 15 heavy (non-hydrogen) atoms. The quantitative estimate of drug-likeness (QED) is 0.711. The Balaban J connectivity index is 1.91. The Kier molecular flexibility index (Phi) is 3.50. The van der Waals surface area contributed by atoms with Crippen molar-refractivity contribution in [2.24, 2.45) is 0 Å². The Morgan fingerprint density at radius 2 is 2.07 bits per heavy atom. The summed E-state index contributed by atoms with van der Waals surface area (Å²) in [5.74, 6) is 0.791. The van der Waals surface area contributed by atoms with Gasteiger partial charge in [-0.1, -0.05) is 18.0 Å². The molecule has 1 aromatic heterocycles. The van der Waals surface area contributed by atoms with E-state index in [0.717, 1.165) is 31.7 Å². The third kappa shape index (κ3) is 2.89. The zero-order valence-corrected chi connectivity index (χ0v) is 8.82. The van der Waals surface area contributed by atoms with E-state index in [1.807, 2.05) is 0 Å². The highest BCUT2D eigenvalue weighted by atomic mass is 16.5. The molecule has 1 aliphatic heterocycles. The van der Waals surface area contributed by atoms with Gasteiger partial charge in [-0.2, -0.15) is 0 Å². The Labute approximate surface area is 89.2 Å². The standard InChI is InChI=1S/C11H16N2O2/c14-9-10-7-11(15-12-10)8-13-5-3-1-2-4-6-13/h7,9H,1-6,8H2. The van der Waals surface area contributed by atoms with E-state index in [1.165, 1.54) is 25.7 Å². The molecule has 4 nitrogen and oxygen atoms in total. The minimum Gasteiger partial charge on any atom is -0.359 e. The number of carbonyl (C=O) groups is 1. The van der Waals surface area contributed by atoms with E-state index in [1.54, 1.807) is 6.07 Å². The van der Waals surface area contributed by atoms with E-state index in [4.69, 9.17) is 4.52 Å². The topological polar surface area (TPSA) is 46.3 Å². The molecule has 82 valence electrons. The van der Waals surface area contributed by atoms with Gasteiger partial charge in [0.15, 0.2) is 12.0 Å². The fourth-order valence-corrected chi connectivity index (χ4v) is 1.97. The first-order valence-corrected chi connectivity index (χ1v) is 5.51. The van der Waals surface area contributed by atoms with Gasteiger partial charge in [0, 0.05) is 6.07 Å². The summed E-state index contributed by atoms with van der Waals surface area (Å²) in [6.07, 6.45) is 5.89. The van der Waals surface area contributed by atoms with E-state index in [-0.39, 0.29) is 0 Å². The lowest BCUT2D eigenvalue weighted by Crippen LogP contribution is -2.23. The van der Waals surface area contributed by atoms with Gasteiger partial charge in [-0.3, -0.25) is 9.69 Å². The molecule has 0 saturated carbocycles. The predicted molar refractivity (Wildman–Crippen MR) is 55.6 cm³/mol. The summed E-state index contributed by atoms with van der Waals surface area (Å²) in [7, 11) is 0. The molecule has 0 N–H and O–H groups in total. The van der Waals surface area contributed by atoms with Crippen LogP contribution in [0.25, 0.3) is 0 Å². The molecule has 0 atom stereocenters. The Hall–Kier alpha value is -1.16. The second kappa shape index (κ2) is 5.07. The van der Waals surface area contributed by atoms with Crippen molar-refractivity contribution in [2.45, 2.75) is 32.2 Å². The zero-order valence-electron chi connectivity index (χ0n) is 8.82. The molecule has 1 aliphatic rings. The second-order valence-corrected chi connectivity index (χ2v) is 4.03. The molecule has 2 heterocycles. The van der Waals surface area contributed by atoms with Crippen LogP contribution in [0.5, 0.6) is 0 Å². The van der Waals surface area contributed by atoms with Gasteiger partial charge in [-0.25, -0.2) is 0 Å². The lowest BCUT2D eigenvalue weighted by Gasteiger charge is -2.17. The van der Waals surface area contributed by atoms with Crippen LogP contribution in [0.3, 0.4) is 0 Å². The molecule has 0 unspecified atom stereocenters. The highest BCUT2D eigenvalue weighted by Crippen LogP contribution is 2.13. The van der Waals surface area contributed by atoms with E-state index in [9.17, 15) is 4.79 Å². The average molecular weight is 208 g/mol. The first-order valence-electron chi connectivity index (χ1n) is 5.51. The Morgan fingerprint density at radius 1 is 1.33 bits per heavy atom. The highest BCUT2D eigenvalue weighted by molar-refractivity contribution is 5.71. The summed E-state index contributed by atoms with van der Waals surface area (Å²) in [6, 6.07) is 1.72. The van der Waals surface area contributed by atoms with E-state index < -0.39 is 0 Å². The third-order valence-corrected chi connectivity index (χ3v) is 2.78. The molecule has 0 bridgehead atoms. The molecular formula is C11H16N2O2. The lowest BCUT2D eigenvalue weighted by atomic mass is 10.2. The van der Waals surface area contributed by atoms with Crippen molar-refractivity contribution >= 4 is 6.29 Å². The fraction of sp³-hybridized carbons (Fsp3) is 0.636. The maximum Gasteiger partial charge on any atom is 0.171 e. The molecule has 0 radical (unpaired) electrons. The summed E-state index contributed by atoms with van der Waals surface area (Å²) in [4.78, 5) is 12.8. The monoisotopic (exact) mass is 208 g/mol. The summed E-state index contributed by atoms with van der Waals surface area (Å²) in [6.45, 7) is 3.02. The number of likely N-dealkylation sites (tertiary alicyclic amines) is 1. The van der Waals surface area contributed by atoms with Crippen LogP contribution in [0.15, 0.2) is 10.6 Å². The number of nitrogens with zero attached hydrogens (tertiary/aromatic N) is 2. The number of hydrogen-bond acceptors (Lipinski definition) is 4. The Bertz CT molecular complexity index is 314. The number of aldehydes is 1. The summed E-state index contributed by atoms with van der Waals surface area (Å²) in [5.41, 5.74) is 0.389. The molecule has 2 rings (SSSR count). The molecule has 1 aromatic rings. The first-order chi connectivity index (χ1) is 7.38. The van der Waals surface area contributed by atoms with E-state index in [0.29, 0.717) is 5.69 Å². The van der Waals surface area contributed by atoms with Gasteiger partial charge >= 0.3 is 0 Å². The molecular weight excluding hydrogens is 192 g/mol. The van der Waals surface area contributed by atoms with E-state index in [2.05, 4.69) is 10.1 Å². The largest absolute Gasteiger partial charge is 0.359 e. The van der Waals surface area contributed by atoms with E-state index >= 15 is 0 Å². The highest BCUT2D eigenvalue weighted by Gasteiger charge is 2.12. The van der Waals surface area contributed by atoms with Crippen molar-refractivity contribution in [3.05, 3.63) is 17.5 Å². The van der Waals surface area contributed by atoms with Gasteiger partial charge in [0.05, 0.1) is 6.54 Å². The molecule has 0 spiro atoms. The minimum absolute atomic E-state index is 0.389. The van der Waals surface area contributed by atoms with Crippen molar-refractivity contribution in [3.8, 4) is 0 Å². The summed E-state index contributed by atoms with van der Waals surface area (Å²) in [5, 5.41) is 3.65. The third-order valence-electron chi connectivity index (χ3n) is 2.78. The van der Waals surface area contributed by atoms with Gasteiger partial charge < -0.3 is 4.52 Å². The van der Waals surface area contributed by atoms with Crippen molar-refractivity contribution in [1.82, 2.24) is 10.1 Å². The SMILES string of the molecule is O=Cc1cc(CN2CCCCCC2)on1. The molecule has 0 aliphatic carbocycles. The Morgan fingerprint density at radius 3 is 2.67 bits per heavy atom. The molecule has 1 fully saturated rings. The van der Waals surface area contributed by atoms with Gasteiger partial charge in [0.25, 0.3) is 0 Å². The van der Waals surface area contributed by atoms with Crippen LogP contribution in [0, 0.1) is 0 Å². The van der Waals surface area contributed by atoms with Crippen LogP contribution in [-0.2, 0) is 6.54 Å². The minimum atomic E-state index is 0.389. The van der Waals surface area contributed by atoms with Crippen molar-refractivity contribution in [3.63, 3.8) is 0 Å². The maximum absolute atomic E-state index is 10.4. The van der Waals surface area contributed by atoms with Crippen molar-refractivity contribution in [1.29, 1.82) is 0 Å². The second-order valence-electron chi connectivity index (χ2n) is 4.03. The zero-order chi connectivity index (χ0) is 10.5. The normalized spacial score (nSPS) is 18.7. The van der Waals surface area contributed by atoms with Crippen LogP contribution in [0.4, 0.5) is 0 Å². The van der Waals surface area contributed by atoms with Crippen molar-refractivity contribution in [2.75, 3.05) is 13.1 Å². The maximum atomic E-state index is 10.4. The van der Waals surface area contributed by atoms with Gasteiger partial charge in [-0.05, 0) is 25.9 Å². The average Bonchev–Trinajstić information content (AvgIpc) is 2.54. The van der Waals surface area contributed by atoms with Gasteiger partial charge in [0.1, 0.15) is 5.69 Å². The van der Waals surface area contributed by atoms with Crippen LogP contribution in [-0.4, -0.2) is 29.4 Å².